The largest absolute Gasteiger partial charge is 0.343 e. The summed E-state index contributed by atoms with van der Waals surface area (Å²) in [6, 6.07) is 6.27. The molecule has 2 aromatic rings. The molecule has 1 fully saturated rings. The first-order chi connectivity index (χ1) is 6.43. The standard InChI is InChI=1S/C10H11N3/c1-2-7-4-9(8-5-11-6-8)13-10(7)12-3-1/h1-4,8,11H,5-6H2,(H,12,13). The zero-order valence-electron chi connectivity index (χ0n) is 7.25. The van der Waals surface area contributed by atoms with E-state index in [1.54, 1.807) is 0 Å². The second kappa shape index (κ2) is 2.57. The van der Waals surface area contributed by atoms with Crippen molar-refractivity contribution in [3.63, 3.8) is 0 Å². The maximum atomic E-state index is 4.27. The van der Waals surface area contributed by atoms with Crippen LogP contribution >= 0.6 is 0 Å². The van der Waals surface area contributed by atoms with Crippen LogP contribution in [0.3, 0.4) is 0 Å². The first kappa shape index (κ1) is 7.09. The van der Waals surface area contributed by atoms with Crippen molar-refractivity contribution in [3.8, 4) is 0 Å². The van der Waals surface area contributed by atoms with Gasteiger partial charge in [0.1, 0.15) is 5.65 Å². The van der Waals surface area contributed by atoms with Gasteiger partial charge in [-0.3, -0.25) is 0 Å². The minimum atomic E-state index is 0.661. The van der Waals surface area contributed by atoms with Gasteiger partial charge in [-0.15, -0.1) is 0 Å². The van der Waals surface area contributed by atoms with Crippen LogP contribution < -0.4 is 5.32 Å². The summed E-state index contributed by atoms with van der Waals surface area (Å²) >= 11 is 0. The topological polar surface area (TPSA) is 40.7 Å². The van der Waals surface area contributed by atoms with E-state index in [1.807, 2.05) is 12.3 Å². The van der Waals surface area contributed by atoms with E-state index in [-0.39, 0.29) is 0 Å². The van der Waals surface area contributed by atoms with Gasteiger partial charge >= 0.3 is 0 Å². The molecule has 1 aliphatic heterocycles. The van der Waals surface area contributed by atoms with Crippen LogP contribution in [0.5, 0.6) is 0 Å². The molecule has 3 rings (SSSR count). The van der Waals surface area contributed by atoms with E-state index in [9.17, 15) is 0 Å². The number of hydrogen-bond acceptors (Lipinski definition) is 2. The maximum absolute atomic E-state index is 4.27. The fourth-order valence-corrected chi connectivity index (χ4v) is 1.71. The molecule has 1 saturated heterocycles. The molecule has 0 saturated carbocycles. The van der Waals surface area contributed by atoms with Gasteiger partial charge in [0.15, 0.2) is 0 Å². The highest BCUT2D eigenvalue weighted by atomic mass is 15.0. The third-order valence-corrected chi connectivity index (χ3v) is 2.63. The molecular weight excluding hydrogens is 162 g/mol. The number of aromatic nitrogens is 2. The predicted molar refractivity (Wildman–Crippen MR) is 51.7 cm³/mol. The van der Waals surface area contributed by atoms with Crippen molar-refractivity contribution < 1.29 is 0 Å². The average Bonchev–Trinajstić information content (AvgIpc) is 2.43. The number of pyridine rings is 1. The van der Waals surface area contributed by atoms with Crippen LogP contribution in [-0.2, 0) is 0 Å². The van der Waals surface area contributed by atoms with E-state index in [0.717, 1.165) is 18.7 Å². The van der Waals surface area contributed by atoms with Gasteiger partial charge in [-0.1, -0.05) is 0 Å². The summed E-state index contributed by atoms with van der Waals surface area (Å²) in [6.07, 6.45) is 1.82. The van der Waals surface area contributed by atoms with Crippen LogP contribution in [-0.4, -0.2) is 23.1 Å². The number of rotatable bonds is 1. The molecule has 0 aromatic carbocycles. The molecule has 1 aliphatic rings. The van der Waals surface area contributed by atoms with Crippen LogP contribution in [0.2, 0.25) is 0 Å². The second-order valence-electron chi connectivity index (χ2n) is 3.52. The van der Waals surface area contributed by atoms with Gasteiger partial charge in [0.25, 0.3) is 0 Å². The van der Waals surface area contributed by atoms with Crippen molar-refractivity contribution in [3.05, 3.63) is 30.1 Å². The third-order valence-electron chi connectivity index (χ3n) is 2.63. The molecule has 0 bridgehead atoms. The fourth-order valence-electron chi connectivity index (χ4n) is 1.71. The summed E-state index contributed by atoms with van der Waals surface area (Å²) in [7, 11) is 0. The summed E-state index contributed by atoms with van der Waals surface area (Å²) in [6.45, 7) is 2.18. The van der Waals surface area contributed by atoms with Crippen molar-refractivity contribution >= 4 is 11.0 Å². The normalized spacial score (nSPS) is 17.5. The predicted octanol–water partition coefficient (Wildman–Crippen LogP) is 1.25. The van der Waals surface area contributed by atoms with Crippen molar-refractivity contribution in [1.29, 1.82) is 0 Å². The van der Waals surface area contributed by atoms with E-state index in [2.05, 4.69) is 27.4 Å². The van der Waals surface area contributed by atoms with Crippen LogP contribution in [0.4, 0.5) is 0 Å². The molecule has 3 nitrogen and oxygen atoms in total. The summed E-state index contributed by atoms with van der Waals surface area (Å²) in [5.41, 5.74) is 2.32. The molecule has 0 aliphatic carbocycles. The highest BCUT2D eigenvalue weighted by Gasteiger charge is 2.20. The van der Waals surface area contributed by atoms with Gasteiger partial charge < -0.3 is 10.3 Å². The summed E-state index contributed by atoms with van der Waals surface area (Å²) in [4.78, 5) is 7.61. The van der Waals surface area contributed by atoms with Crippen molar-refractivity contribution in [1.82, 2.24) is 15.3 Å². The molecule has 2 N–H and O–H groups in total. The van der Waals surface area contributed by atoms with Crippen molar-refractivity contribution in [2.24, 2.45) is 0 Å². The zero-order valence-corrected chi connectivity index (χ0v) is 7.25. The van der Waals surface area contributed by atoms with Gasteiger partial charge in [0.2, 0.25) is 0 Å². The molecule has 2 aromatic heterocycles. The first-order valence-corrected chi connectivity index (χ1v) is 4.58. The minimum absolute atomic E-state index is 0.661. The average molecular weight is 173 g/mol. The van der Waals surface area contributed by atoms with Crippen LogP contribution in [0, 0.1) is 0 Å². The van der Waals surface area contributed by atoms with Gasteiger partial charge in [-0.2, -0.15) is 0 Å². The molecule has 3 heteroatoms. The van der Waals surface area contributed by atoms with E-state index >= 15 is 0 Å². The Morgan fingerprint density at radius 3 is 3.00 bits per heavy atom. The van der Waals surface area contributed by atoms with Crippen molar-refractivity contribution in [2.75, 3.05) is 13.1 Å². The number of hydrogen-bond donors (Lipinski definition) is 2. The van der Waals surface area contributed by atoms with E-state index < -0.39 is 0 Å². The number of nitrogens with one attached hydrogen (secondary N) is 2. The van der Waals surface area contributed by atoms with E-state index in [4.69, 9.17) is 0 Å². The lowest BCUT2D eigenvalue weighted by molar-refractivity contribution is 0.442. The molecule has 3 heterocycles. The number of nitrogens with zero attached hydrogens (tertiary/aromatic N) is 1. The molecule has 0 amide bonds. The monoisotopic (exact) mass is 173 g/mol. The first-order valence-electron chi connectivity index (χ1n) is 4.58. The molecular formula is C10H11N3. The maximum Gasteiger partial charge on any atom is 0.137 e. The van der Waals surface area contributed by atoms with Crippen molar-refractivity contribution in [2.45, 2.75) is 5.92 Å². The second-order valence-corrected chi connectivity index (χ2v) is 3.52. The lowest BCUT2D eigenvalue weighted by atomic mass is 10.00. The Morgan fingerprint density at radius 1 is 1.38 bits per heavy atom. The SMILES string of the molecule is c1cnc2[nH]c(C3CNC3)cc2c1. The smallest absolute Gasteiger partial charge is 0.137 e. The van der Waals surface area contributed by atoms with Crippen LogP contribution in [0.1, 0.15) is 11.6 Å². The number of H-pyrrole nitrogens is 1. The number of fused-ring (bicyclic) bond motifs is 1. The van der Waals surface area contributed by atoms with Gasteiger partial charge in [0, 0.05) is 36.3 Å². The summed E-state index contributed by atoms with van der Waals surface area (Å²) in [5, 5.41) is 4.48. The summed E-state index contributed by atoms with van der Waals surface area (Å²) < 4.78 is 0. The summed E-state index contributed by atoms with van der Waals surface area (Å²) in [5.74, 6) is 0.661. The lowest BCUT2D eigenvalue weighted by Crippen LogP contribution is -2.40. The van der Waals surface area contributed by atoms with Gasteiger partial charge in [0.05, 0.1) is 0 Å². The Labute approximate surface area is 76.2 Å². The van der Waals surface area contributed by atoms with Crippen LogP contribution in [0.15, 0.2) is 24.4 Å². The number of aromatic amines is 1. The van der Waals surface area contributed by atoms with Crippen LogP contribution in [0.25, 0.3) is 11.0 Å². The Balaban J connectivity index is 2.10. The fraction of sp³-hybridized carbons (Fsp3) is 0.300. The third kappa shape index (κ3) is 1.04. The van der Waals surface area contributed by atoms with Gasteiger partial charge in [-0.05, 0) is 18.2 Å². The molecule has 0 unspecified atom stereocenters. The van der Waals surface area contributed by atoms with E-state index in [1.165, 1.54) is 11.1 Å². The Kier molecular flexibility index (Phi) is 1.40. The highest BCUT2D eigenvalue weighted by molar-refractivity contribution is 5.76. The molecule has 13 heavy (non-hydrogen) atoms. The Morgan fingerprint density at radius 2 is 2.31 bits per heavy atom. The van der Waals surface area contributed by atoms with Gasteiger partial charge in [-0.25, -0.2) is 4.98 Å². The minimum Gasteiger partial charge on any atom is -0.343 e. The Hall–Kier alpha value is -1.35. The highest BCUT2D eigenvalue weighted by Crippen LogP contribution is 2.22. The molecule has 0 radical (unpaired) electrons. The van der Waals surface area contributed by atoms with E-state index in [0.29, 0.717) is 5.92 Å². The molecule has 0 atom stereocenters. The zero-order chi connectivity index (χ0) is 8.67. The Bertz CT molecular complexity index is 395. The lowest BCUT2D eigenvalue weighted by Gasteiger charge is -2.25. The quantitative estimate of drug-likeness (QED) is 0.681. The molecule has 0 spiro atoms. The molecule has 66 valence electrons.